The van der Waals surface area contributed by atoms with Crippen LogP contribution in [0.5, 0.6) is 11.5 Å². The van der Waals surface area contributed by atoms with Crippen molar-refractivity contribution in [3.8, 4) is 22.6 Å². The van der Waals surface area contributed by atoms with Gasteiger partial charge in [0.1, 0.15) is 46.9 Å². The molecule has 0 aromatic heterocycles. The van der Waals surface area contributed by atoms with E-state index in [1.165, 1.54) is 4.90 Å². The Bertz CT molecular complexity index is 2840. The molecule has 7 rings (SSSR count). The molecule has 2 N–H and O–H groups in total. The van der Waals surface area contributed by atoms with Crippen molar-refractivity contribution in [1.29, 1.82) is 0 Å². The van der Waals surface area contributed by atoms with Crippen molar-refractivity contribution in [2.24, 2.45) is 0 Å². The molecule has 6 aromatic rings. The van der Waals surface area contributed by atoms with E-state index in [9.17, 15) is 32.9 Å². The predicted molar refractivity (Wildman–Crippen MR) is 246 cm³/mol. The normalized spacial score (nSPS) is 15.5. The van der Waals surface area contributed by atoms with Crippen molar-refractivity contribution in [3.05, 3.63) is 165 Å². The first-order valence-corrected chi connectivity index (χ1v) is 22.7. The Kier molecular flexibility index (Phi) is 14.0. The van der Waals surface area contributed by atoms with Crippen molar-refractivity contribution in [2.75, 3.05) is 6.54 Å². The Morgan fingerprint density at radius 1 is 0.815 bits per heavy atom. The van der Waals surface area contributed by atoms with Crippen LogP contribution in [0.4, 0.5) is 10.5 Å². The standard InChI is InChI=1S/C48H44Cl2N4O10S/c1-48(2,3)64-47(57)53-28-39(63-38-20-14-34(15-21-38)33-12-16-36(49)17-13-33)26-44(53)46(56)51-42(45(55)52-65(60,61)40-22-23-41(50)43(27-40)54(58)59)25-30-9-18-37(19-10-30)62-29-31-8-11-32-6-4-5-7-35(32)24-31/h4-24,27,39,42,44H,25-26,28-29H2,1-3H3,(H,51,56)(H,52,55)/t39-,42-,44-/m0/s1. The van der Waals surface area contributed by atoms with Crippen molar-refractivity contribution in [2.45, 2.75) is 68.9 Å². The maximum Gasteiger partial charge on any atom is 0.411 e. The van der Waals surface area contributed by atoms with Gasteiger partial charge in [-0.2, -0.15) is 0 Å². The number of likely N-dealkylation sites (tertiary alicyclic amines) is 1. The molecule has 0 unspecified atom stereocenters. The van der Waals surface area contributed by atoms with Crippen molar-refractivity contribution < 1.29 is 41.9 Å². The summed E-state index contributed by atoms with van der Waals surface area (Å²) in [5.41, 5.74) is 1.71. The minimum atomic E-state index is -4.73. The molecule has 1 saturated heterocycles. The number of carbonyl (C=O) groups is 3. The summed E-state index contributed by atoms with van der Waals surface area (Å²) in [6.07, 6.45) is -1.70. The summed E-state index contributed by atoms with van der Waals surface area (Å²) in [6.45, 7) is 5.28. The Labute approximate surface area is 385 Å². The molecule has 1 aliphatic rings. The topological polar surface area (TPSA) is 183 Å². The monoisotopic (exact) mass is 938 g/mol. The molecule has 0 radical (unpaired) electrons. The average Bonchev–Trinajstić information content (AvgIpc) is 3.70. The highest BCUT2D eigenvalue weighted by molar-refractivity contribution is 7.90. The number of hydrogen-bond donors (Lipinski definition) is 2. The van der Waals surface area contributed by atoms with Crippen molar-refractivity contribution in [3.63, 3.8) is 0 Å². The zero-order valence-electron chi connectivity index (χ0n) is 35.4. The number of ether oxygens (including phenoxy) is 3. The van der Waals surface area contributed by atoms with E-state index in [1.54, 1.807) is 69.3 Å². The number of nitro benzene ring substituents is 1. The first-order valence-electron chi connectivity index (χ1n) is 20.4. The highest BCUT2D eigenvalue weighted by atomic mass is 35.5. The Morgan fingerprint density at radius 2 is 1.45 bits per heavy atom. The number of hydrogen-bond acceptors (Lipinski definition) is 10. The average molecular weight is 940 g/mol. The van der Waals surface area contributed by atoms with Crippen LogP contribution in [0, 0.1) is 10.1 Å². The van der Waals surface area contributed by atoms with Gasteiger partial charge in [0.25, 0.3) is 21.6 Å². The summed E-state index contributed by atoms with van der Waals surface area (Å²) < 4.78 is 47.0. The molecule has 1 heterocycles. The number of benzene rings is 6. The molecule has 65 heavy (non-hydrogen) atoms. The van der Waals surface area contributed by atoms with E-state index in [1.807, 2.05) is 71.5 Å². The number of carbonyl (C=O) groups excluding carboxylic acids is 3. The lowest BCUT2D eigenvalue weighted by Crippen LogP contribution is -2.55. The molecule has 0 spiro atoms. The van der Waals surface area contributed by atoms with Crippen molar-refractivity contribution in [1.82, 2.24) is 14.9 Å². The second kappa shape index (κ2) is 19.6. The molecule has 3 atom stereocenters. The van der Waals surface area contributed by atoms with E-state index in [2.05, 4.69) is 5.32 Å². The number of amides is 3. The molecule has 1 fully saturated rings. The second-order valence-corrected chi connectivity index (χ2v) is 18.9. The number of fused-ring (bicyclic) bond motifs is 1. The summed E-state index contributed by atoms with van der Waals surface area (Å²) >= 11 is 12.0. The number of halogens is 2. The number of nitro groups is 1. The molecule has 0 aliphatic carbocycles. The number of rotatable bonds is 14. The van der Waals surface area contributed by atoms with Gasteiger partial charge in [0.05, 0.1) is 16.4 Å². The van der Waals surface area contributed by atoms with Gasteiger partial charge in [-0.25, -0.2) is 17.9 Å². The second-order valence-electron chi connectivity index (χ2n) is 16.4. The van der Waals surface area contributed by atoms with Crippen LogP contribution in [-0.2, 0) is 37.4 Å². The molecule has 1 aliphatic heterocycles. The molecular weight excluding hydrogens is 896 g/mol. The van der Waals surface area contributed by atoms with E-state index >= 15 is 0 Å². The van der Waals surface area contributed by atoms with Gasteiger partial charge in [0, 0.05) is 23.9 Å². The minimum Gasteiger partial charge on any atom is -0.489 e. The van der Waals surface area contributed by atoms with Gasteiger partial charge >= 0.3 is 6.09 Å². The van der Waals surface area contributed by atoms with E-state index in [0.29, 0.717) is 22.1 Å². The fraction of sp³-hybridized carbons (Fsp3) is 0.229. The lowest BCUT2D eigenvalue weighted by Gasteiger charge is -2.28. The third-order valence-electron chi connectivity index (χ3n) is 10.4. The van der Waals surface area contributed by atoms with Gasteiger partial charge in [0.15, 0.2) is 0 Å². The van der Waals surface area contributed by atoms with Gasteiger partial charge in [-0.05, 0) is 108 Å². The first-order chi connectivity index (χ1) is 30.9. The third-order valence-corrected chi connectivity index (χ3v) is 12.3. The lowest BCUT2D eigenvalue weighted by molar-refractivity contribution is -0.384. The Hall–Kier alpha value is -6.68. The highest BCUT2D eigenvalue weighted by Crippen LogP contribution is 2.30. The van der Waals surface area contributed by atoms with Gasteiger partial charge < -0.3 is 19.5 Å². The van der Waals surface area contributed by atoms with Crippen molar-refractivity contribution >= 4 is 67.6 Å². The summed E-state index contributed by atoms with van der Waals surface area (Å²) in [6, 6.07) is 35.3. The first kappa shape index (κ1) is 46.3. The maximum absolute atomic E-state index is 14.3. The molecule has 336 valence electrons. The summed E-state index contributed by atoms with van der Waals surface area (Å²) in [5, 5.41) is 16.7. The van der Waals surface area contributed by atoms with Crippen LogP contribution in [-0.4, -0.2) is 66.5 Å². The van der Waals surface area contributed by atoms with Gasteiger partial charge in [-0.1, -0.05) is 96.0 Å². The molecule has 14 nitrogen and oxygen atoms in total. The Balaban J connectivity index is 1.11. The molecule has 0 saturated carbocycles. The van der Waals surface area contributed by atoms with Gasteiger partial charge in [0.2, 0.25) is 5.91 Å². The van der Waals surface area contributed by atoms with E-state index in [0.717, 1.165) is 45.7 Å². The predicted octanol–water partition coefficient (Wildman–Crippen LogP) is 9.29. The maximum atomic E-state index is 14.3. The molecular formula is C48H44Cl2N4O10S. The molecule has 3 amide bonds. The van der Waals surface area contributed by atoms with E-state index in [4.69, 9.17) is 37.4 Å². The smallest absolute Gasteiger partial charge is 0.411 e. The van der Waals surface area contributed by atoms with Gasteiger partial charge in [-0.15, -0.1) is 0 Å². The third kappa shape index (κ3) is 11.9. The summed E-state index contributed by atoms with van der Waals surface area (Å²) in [7, 11) is -4.73. The number of sulfonamides is 1. The zero-order chi connectivity index (χ0) is 46.5. The highest BCUT2D eigenvalue weighted by Gasteiger charge is 2.44. The largest absolute Gasteiger partial charge is 0.489 e. The van der Waals surface area contributed by atoms with Crippen LogP contribution < -0.4 is 19.5 Å². The molecule has 6 aromatic carbocycles. The molecule has 17 heteroatoms. The minimum absolute atomic E-state index is 0.00562. The van der Waals surface area contributed by atoms with Crippen LogP contribution in [0.15, 0.2) is 138 Å². The number of nitrogens with one attached hydrogen (secondary N) is 2. The summed E-state index contributed by atoms with van der Waals surface area (Å²) in [4.78, 5) is 53.3. The fourth-order valence-electron chi connectivity index (χ4n) is 7.21. The van der Waals surface area contributed by atoms with Crippen LogP contribution in [0.2, 0.25) is 10.0 Å². The van der Waals surface area contributed by atoms with Crippen LogP contribution in [0.25, 0.3) is 21.9 Å². The fourth-order valence-corrected chi connectivity index (χ4v) is 8.56. The van der Waals surface area contributed by atoms with Crippen LogP contribution >= 0.6 is 23.2 Å². The zero-order valence-corrected chi connectivity index (χ0v) is 37.7. The van der Waals surface area contributed by atoms with E-state index < -0.39 is 67.2 Å². The summed E-state index contributed by atoms with van der Waals surface area (Å²) in [5.74, 6) is -0.936. The molecule has 0 bridgehead atoms. The van der Waals surface area contributed by atoms with Crippen LogP contribution in [0.3, 0.4) is 0 Å². The lowest BCUT2D eigenvalue weighted by atomic mass is 10.0. The Morgan fingerprint density at radius 3 is 2.11 bits per heavy atom. The SMILES string of the molecule is CC(C)(C)OC(=O)N1C[C@@H](Oc2ccc(-c3ccc(Cl)cc3)cc2)C[C@H]1C(=O)N[C@@H](Cc1ccc(OCc2ccc3ccccc3c2)cc1)C(=O)NS(=O)(=O)c1ccc(Cl)c([N+](=O)[O-])c1. The van der Waals surface area contributed by atoms with E-state index in [-0.39, 0.29) is 31.0 Å². The van der Waals surface area contributed by atoms with Crippen LogP contribution in [0.1, 0.15) is 38.3 Å². The van der Waals surface area contributed by atoms with Gasteiger partial charge in [-0.3, -0.25) is 24.6 Å². The number of nitrogens with zero attached hydrogens (tertiary/aromatic N) is 2. The quantitative estimate of drug-likeness (QED) is 0.0789.